The van der Waals surface area contributed by atoms with Gasteiger partial charge in [0.1, 0.15) is 0 Å². The number of fused-ring (bicyclic) bond motifs is 1. The lowest BCUT2D eigenvalue weighted by molar-refractivity contribution is 0.0219. The van der Waals surface area contributed by atoms with Crippen molar-refractivity contribution < 1.29 is 24.1 Å². The van der Waals surface area contributed by atoms with Crippen LogP contribution in [-0.4, -0.2) is 68.5 Å². The Morgan fingerprint density at radius 1 is 1.38 bits per heavy atom. The molecule has 1 amide bonds. The molecular formula is C21H29N3O5. The highest BCUT2D eigenvalue weighted by Crippen LogP contribution is 2.41. The molecule has 0 saturated carbocycles. The third-order valence-corrected chi connectivity index (χ3v) is 5.42. The van der Waals surface area contributed by atoms with Crippen LogP contribution in [0.5, 0.6) is 17.2 Å². The molecule has 3 rings (SSSR count). The van der Waals surface area contributed by atoms with Gasteiger partial charge in [-0.15, -0.1) is 0 Å². The molecule has 2 aliphatic rings. The van der Waals surface area contributed by atoms with Crippen LogP contribution in [0.3, 0.4) is 0 Å². The predicted molar refractivity (Wildman–Crippen MR) is 106 cm³/mol. The van der Waals surface area contributed by atoms with E-state index in [1.54, 1.807) is 19.2 Å². The molecule has 158 valence electrons. The van der Waals surface area contributed by atoms with E-state index in [1.807, 2.05) is 0 Å². The number of methoxy groups -OCH3 is 1. The second kappa shape index (κ2) is 10.3. The summed E-state index contributed by atoms with van der Waals surface area (Å²) in [4.78, 5) is 15.0. The number of aliphatic hydroxyl groups excluding tert-OH is 1. The molecule has 2 unspecified atom stereocenters. The topological polar surface area (TPSA) is 104 Å². The molecule has 8 heteroatoms. The minimum absolute atomic E-state index is 0.000174. The van der Waals surface area contributed by atoms with Crippen molar-refractivity contribution in [1.82, 2.24) is 10.2 Å². The number of aliphatic hydroxyl groups is 1. The summed E-state index contributed by atoms with van der Waals surface area (Å²) in [5.41, 5.74) is 0.408. The van der Waals surface area contributed by atoms with Crippen molar-refractivity contribution in [2.45, 2.75) is 31.8 Å². The molecule has 0 spiro atoms. The molecule has 0 radical (unpaired) electrons. The lowest BCUT2D eigenvalue weighted by Gasteiger charge is -2.36. The normalized spacial score (nSPS) is 21.7. The molecule has 2 aliphatic heterocycles. The molecule has 1 aromatic carbocycles. The highest BCUT2D eigenvalue weighted by atomic mass is 16.5. The molecule has 8 nitrogen and oxygen atoms in total. The lowest BCUT2D eigenvalue weighted by atomic mass is 9.93. The second-order valence-electron chi connectivity index (χ2n) is 7.41. The van der Waals surface area contributed by atoms with Crippen LogP contribution >= 0.6 is 0 Å². The minimum atomic E-state index is -0.501. The zero-order valence-electron chi connectivity index (χ0n) is 16.9. The number of rotatable bonds is 7. The number of likely N-dealkylation sites (tertiary alicyclic amines) is 1. The number of carbonyl (C=O) groups excluding carboxylic acids is 1. The summed E-state index contributed by atoms with van der Waals surface area (Å²) in [6.07, 6.45) is 2.38. The maximum Gasteiger partial charge on any atom is 0.255 e. The van der Waals surface area contributed by atoms with Crippen molar-refractivity contribution in [2.24, 2.45) is 5.92 Å². The van der Waals surface area contributed by atoms with Gasteiger partial charge in [-0.05, 0) is 38.1 Å². The van der Waals surface area contributed by atoms with E-state index in [2.05, 4.69) is 16.3 Å². The minimum Gasteiger partial charge on any atom is -0.493 e. The van der Waals surface area contributed by atoms with E-state index in [-0.39, 0.29) is 11.8 Å². The van der Waals surface area contributed by atoms with Crippen LogP contribution in [0.2, 0.25) is 0 Å². The molecule has 2 N–H and O–H groups in total. The molecule has 29 heavy (non-hydrogen) atoms. The van der Waals surface area contributed by atoms with Crippen LogP contribution in [0.25, 0.3) is 0 Å². The average molecular weight is 403 g/mol. The molecule has 1 aromatic rings. The first-order valence-corrected chi connectivity index (χ1v) is 10.2. The maximum absolute atomic E-state index is 12.8. The molecule has 0 bridgehead atoms. The van der Waals surface area contributed by atoms with Crippen LogP contribution in [0.4, 0.5) is 0 Å². The predicted octanol–water partition coefficient (Wildman–Crippen LogP) is 1.57. The molecule has 0 aliphatic carbocycles. The summed E-state index contributed by atoms with van der Waals surface area (Å²) in [7, 11) is 1.55. The third-order valence-electron chi connectivity index (χ3n) is 5.42. The van der Waals surface area contributed by atoms with E-state index in [0.717, 1.165) is 32.4 Å². The van der Waals surface area contributed by atoms with Gasteiger partial charge in [-0.2, -0.15) is 5.26 Å². The van der Waals surface area contributed by atoms with Crippen LogP contribution in [-0.2, 0) is 0 Å². The molecule has 2 atom stereocenters. The average Bonchev–Trinajstić information content (AvgIpc) is 2.98. The summed E-state index contributed by atoms with van der Waals surface area (Å²) in [6, 6.07) is 5.53. The SMILES string of the molecule is COc1ccc(C(=O)NCC2CCN(CCCC#N)CC2O)c2c1OCCCO2. The first kappa shape index (κ1) is 21.2. The van der Waals surface area contributed by atoms with E-state index in [9.17, 15) is 9.90 Å². The quantitative estimate of drug-likeness (QED) is 0.666. The molecular weight excluding hydrogens is 374 g/mol. The van der Waals surface area contributed by atoms with Gasteiger partial charge < -0.3 is 29.5 Å². The lowest BCUT2D eigenvalue weighted by Crippen LogP contribution is -2.47. The zero-order valence-corrected chi connectivity index (χ0v) is 16.9. The first-order chi connectivity index (χ1) is 14.1. The Kier molecular flexibility index (Phi) is 7.55. The van der Waals surface area contributed by atoms with E-state index in [1.165, 1.54) is 0 Å². The summed E-state index contributed by atoms with van der Waals surface area (Å²) in [6.45, 7) is 3.63. The second-order valence-corrected chi connectivity index (χ2v) is 7.41. The zero-order chi connectivity index (χ0) is 20.6. The first-order valence-electron chi connectivity index (χ1n) is 10.2. The smallest absolute Gasteiger partial charge is 0.255 e. The molecule has 2 heterocycles. The van der Waals surface area contributed by atoms with Gasteiger partial charge in [-0.25, -0.2) is 0 Å². The van der Waals surface area contributed by atoms with Crippen molar-refractivity contribution in [1.29, 1.82) is 5.26 Å². The van der Waals surface area contributed by atoms with E-state index in [0.29, 0.717) is 55.5 Å². The highest BCUT2D eigenvalue weighted by Gasteiger charge is 2.29. The van der Waals surface area contributed by atoms with Crippen LogP contribution < -0.4 is 19.5 Å². The monoisotopic (exact) mass is 403 g/mol. The molecule has 1 saturated heterocycles. The summed E-state index contributed by atoms with van der Waals surface area (Å²) < 4.78 is 16.8. The Hall–Kier alpha value is -2.50. The van der Waals surface area contributed by atoms with Gasteiger partial charge in [0, 0.05) is 31.8 Å². The Morgan fingerprint density at radius 2 is 2.17 bits per heavy atom. The number of carbonyl (C=O) groups is 1. The standard InChI is InChI=1S/C21H29N3O5/c1-27-18-6-5-16(19-20(18)29-12-4-11-28-19)21(26)23-13-15-7-10-24(14-17(15)25)9-3-2-8-22/h5-6,15,17,25H,2-4,7,9-14H2,1H3,(H,23,26). The number of hydrogen-bond acceptors (Lipinski definition) is 7. The highest BCUT2D eigenvalue weighted by molar-refractivity contribution is 5.98. The number of nitrogens with one attached hydrogen (secondary N) is 1. The van der Waals surface area contributed by atoms with Gasteiger partial charge in [-0.3, -0.25) is 4.79 Å². The van der Waals surface area contributed by atoms with E-state index >= 15 is 0 Å². The van der Waals surface area contributed by atoms with Crippen molar-refractivity contribution in [3.05, 3.63) is 17.7 Å². The Bertz CT molecular complexity index is 749. The summed E-state index contributed by atoms with van der Waals surface area (Å²) in [5, 5.41) is 22.0. The largest absolute Gasteiger partial charge is 0.493 e. The fourth-order valence-electron chi connectivity index (χ4n) is 3.76. The van der Waals surface area contributed by atoms with Gasteiger partial charge in [0.05, 0.1) is 38.1 Å². The number of ether oxygens (including phenoxy) is 3. The van der Waals surface area contributed by atoms with E-state index < -0.39 is 6.10 Å². The Balaban J connectivity index is 1.58. The van der Waals surface area contributed by atoms with Crippen molar-refractivity contribution >= 4 is 5.91 Å². The maximum atomic E-state index is 12.8. The summed E-state index contributed by atoms with van der Waals surface area (Å²) in [5.74, 6) is 1.16. The summed E-state index contributed by atoms with van der Waals surface area (Å²) >= 11 is 0. The molecule has 0 aromatic heterocycles. The number of β-amino-alcohol motifs (C(OH)–C–C–N with tert-alkyl or cyclic N) is 1. The van der Waals surface area contributed by atoms with Crippen LogP contribution in [0.15, 0.2) is 12.1 Å². The van der Waals surface area contributed by atoms with Crippen molar-refractivity contribution in [3.8, 4) is 23.3 Å². The van der Waals surface area contributed by atoms with Gasteiger partial charge >= 0.3 is 0 Å². The van der Waals surface area contributed by atoms with Gasteiger partial charge in [0.2, 0.25) is 5.75 Å². The fraction of sp³-hybridized carbons (Fsp3) is 0.619. The number of amides is 1. The van der Waals surface area contributed by atoms with E-state index in [4.69, 9.17) is 19.5 Å². The Labute approximate surface area is 171 Å². The van der Waals surface area contributed by atoms with Crippen molar-refractivity contribution in [3.63, 3.8) is 0 Å². The number of benzene rings is 1. The Morgan fingerprint density at radius 3 is 2.90 bits per heavy atom. The number of nitriles is 1. The number of nitrogens with zero attached hydrogens (tertiary/aromatic N) is 2. The molecule has 1 fully saturated rings. The van der Waals surface area contributed by atoms with Gasteiger partial charge in [0.15, 0.2) is 11.5 Å². The van der Waals surface area contributed by atoms with Gasteiger partial charge in [-0.1, -0.05) is 0 Å². The van der Waals surface area contributed by atoms with Gasteiger partial charge in [0.25, 0.3) is 5.91 Å². The number of unbranched alkanes of at least 4 members (excludes halogenated alkanes) is 1. The fourth-order valence-corrected chi connectivity index (χ4v) is 3.76. The third kappa shape index (κ3) is 5.31. The van der Waals surface area contributed by atoms with Crippen LogP contribution in [0.1, 0.15) is 36.0 Å². The number of piperidine rings is 1. The van der Waals surface area contributed by atoms with Crippen molar-refractivity contribution in [2.75, 3.05) is 46.5 Å². The van der Waals surface area contributed by atoms with Crippen LogP contribution in [0, 0.1) is 17.2 Å². The number of hydrogen-bond donors (Lipinski definition) is 2.